The summed E-state index contributed by atoms with van der Waals surface area (Å²) in [5.74, 6) is 0.0920. The number of hydrogen-bond acceptors (Lipinski definition) is 4. The molecule has 6 heteroatoms. The quantitative estimate of drug-likeness (QED) is 0.670. The molecule has 0 aliphatic carbocycles. The maximum atomic E-state index is 10.7. The Labute approximate surface area is 108 Å². The lowest BCUT2D eigenvalue weighted by molar-refractivity contribution is -0.385. The second kappa shape index (κ2) is 5.97. The van der Waals surface area contributed by atoms with Gasteiger partial charge in [0, 0.05) is 17.7 Å². The van der Waals surface area contributed by atoms with Crippen LogP contribution in [0.1, 0.15) is 12.0 Å². The van der Waals surface area contributed by atoms with Crippen molar-refractivity contribution in [2.75, 3.05) is 20.6 Å². The lowest BCUT2D eigenvalue weighted by Gasteiger charge is -2.10. The molecule has 0 amide bonds. The van der Waals surface area contributed by atoms with Crippen molar-refractivity contribution in [1.82, 2.24) is 4.90 Å². The largest absolute Gasteiger partial charge is 0.506 e. The molecule has 0 aliphatic rings. The normalized spacial score (nSPS) is 10.8. The molecule has 1 rings (SSSR count). The van der Waals surface area contributed by atoms with Gasteiger partial charge in [-0.15, -0.1) is 0 Å². The number of hydrogen-bond donors (Lipinski definition) is 1. The fourth-order valence-corrected chi connectivity index (χ4v) is 2.01. The fourth-order valence-electron chi connectivity index (χ4n) is 1.52. The SMILES string of the molecule is CN(C)CCCc1cc([N+](=O)[O-])cc(Br)c1O. The Morgan fingerprint density at radius 2 is 2.12 bits per heavy atom. The van der Waals surface area contributed by atoms with Gasteiger partial charge in [-0.05, 0) is 49.4 Å². The molecule has 1 aromatic rings. The highest BCUT2D eigenvalue weighted by Gasteiger charge is 2.14. The highest BCUT2D eigenvalue weighted by molar-refractivity contribution is 9.10. The summed E-state index contributed by atoms with van der Waals surface area (Å²) in [7, 11) is 3.92. The summed E-state index contributed by atoms with van der Waals surface area (Å²) in [6.45, 7) is 0.875. The van der Waals surface area contributed by atoms with Gasteiger partial charge in [0.2, 0.25) is 0 Å². The van der Waals surface area contributed by atoms with Gasteiger partial charge >= 0.3 is 0 Å². The first-order valence-electron chi connectivity index (χ1n) is 5.22. The second-order valence-corrected chi connectivity index (χ2v) is 4.95. The van der Waals surface area contributed by atoms with Crippen LogP contribution < -0.4 is 0 Å². The number of nitro groups is 1. The predicted molar refractivity (Wildman–Crippen MR) is 69.3 cm³/mol. The molecule has 0 heterocycles. The van der Waals surface area contributed by atoms with E-state index in [9.17, 15) is 15.2 Å². The number of aromatic hydroxyl groups is 1. The molecule has 0 unspecified atom stereocenters. The van der Waals surface area contributed by atoms with Gasteiger partial charge in [-0.25, -0.2) is 0 Å². The van der Waals surface area contributed by atoms with E-state index in [-0.39, 0.29) is 11.4 Å². The first-order chi connectivity index (χ1) is 7.91. The highest BCUT2D eigenvalue weighted by Crippen LogP contribution is 2.33. The molecule has 0 fully saturated rings. The zero-order valence-electron chi connectivity index (χ0n) is 9.81. The fraction of sp³-hybridized carbons (Fsp3) is 0.455. The van der Waals surface area contributed by atoms with Crippen molar-refractivity contribution in [3.63, 3.8) is 0 Å². The van der Waals surface area contributed by atoms with Crippen LogP contribution in [-0.4, -0.2) is 35.6 Å². The standard InChI is InChI=1S/C11H15BrN2O3/c1-13(2)5-3-4-8-6-9(14(16)17)7-10(12)11(8)15/h6-7,15H,3-5H2,1-2H3. The number of halogens is 1. The molecule has 0 radical (unpaired) electrons. The lowest BCUT2D eigenvalue weighted by atomic mass is 10.1. The Morgan fingerprint density at radius 3 is 2.65 bits per heavy atom. The van der Waals surface area contributed by atoms with E-state index in [1.54, 1.807) is 0 Å². The maximum Gasteiger partial charge on any atom is 0.271 e. The van der Waals surface area contributed by atoms with Crippen LogP contribution in [0.15, 0.2) is 16.6 Å². The Balaban J connectivity index is 2.86. The molecule has 5 nitrogen and oxygen atoms in total. The number of phenols is 1. The average Bonchev–Trinajstić information content (AvgIpc) is 2.23. The van der Waals surface area contributed by atoms with Crippen molar-refractivity contribution < 1.29 is 10.0 Å². The maximum absolute atomic E-state index is 10.7. The molecule has 1 N–H and O–H groups in total. The van der Waals surface area contributed by atoms with E-state index in [2.05, 4.69) is 15.9 Å². The smallest absolute Gasteiger partial charge is 0.271 e. The van der Waals surface area contributed by atoms with Crippen LogP contribution in [-0.2, 0) is 6.42 Å². The monoisotopic (exact) mass is 302 g/mol. The minimum atomic E-state index is -0.459. The lowest BCUT2D eigenvalue weighted by Crippen LogP contribution is -2.13. The molecule has 0 aliphatic heterocycles. The number of nitrogens with zero attached hydrogens (tertiary/aromatic N) is 2. The minimum absolute atomic E-state index is 0.00507. The number of non-ortho nitro benzene ring substituents is 1. The molecule has 17 heavy (non-hydrogen) atoms. The van der Waals surface area contributed by atoms with Crippen molar-refractivity contribution >= 4 is 21.6 Å². The van der Waals surface area contributed by atoms with Crippen LogP contribution in [0, 0.1) is 10.1 Å². The molecule has 0 aromatic heterocycles. The van der Waals surface area contributed by atoms with Gasteiger partial charge in [0.25, 0.3) is 5.69 Å². The van der Waals surface area contributed by atoms with Crippen molar-refractivity contribution in [3.8, 4) is 5.75 Å². The molecular formula is C11H15BrN2O3. The molecular weight excluding hydrogens is 288 g/mol. The third-order valence-electron chi connectivity index (χ3n) is 2.39. The van der Waals surface area contributed by atoms with Crippen molar-refractivity contribution in [2.45, 2.75) is 12.8 Å². The van der Waals surface area contributed by atoms with Gasteiger partial charge in [-0.1, -0.05) is 0 Å². The van der Waals surface area contributed by atoms with Gasteiger partial charge in [0.1, 0.15) is 5.75 Å². The molecule has 94 valence electrons. The summed E-state index contributed by atoms with van der Waals surface area (Å²) in [6, 6.07) is 2.74. The second-order valence-electron chi connectivity index (χ2n) is 4.10. The van der Waals surface area contributed by atoms with Gasteiger partial charge in [-0.3, -0.25) is 10.1 Å². The third-order valence-corrected chi connectivity index (χ3v) is 2.99. The number of rotatable bonds is 5. The van der Waals surface area contributed by atoms with Crippen molar-refractivity contribution in [1.29, 1.82) is 0 Å². The topological polar surface area (TPSA) is 66.6 Å². The zero-order chi connectivity index (χ0) is 13.0. The minimum Gasteiger partial charge on any atom is -0.506 e. The summed E-state index contributed by atoms with van der Waals surface area (Å²) in [4.78, 5) is 12.3. The van der Waals surface area contributed by atoms with Gasteiger partial charge in [0.05, 0.1) is 9.40 Å². The van der Waals surface area contributed by atoms with Crippen LogP contribution >= 0.6 is 15.9 Å². The van der Waals surface area contributed by atoms with Gasteiger partial charge in [-0.2, -0.15) is 0 Å². The molecule has 0 saturated carbocycles. The first-order valence-corrected chi connectivity index (χ1v) is 6.01. The Bertz CT molecular complexity index is 421. The Hall–Kier alpha value is -1.14. The van der Waals surface area contributed by atoms with Crippen molar-refractivity contribution in [2.24, 2.45) is 0 Å². The van der Waals surface area contributed by atoms with Crippen LogP contribution in [0.2, 0.25) is 0 Å². The van der Waals surface area contributed by atoms with Crippen LogP contribution in [0.5, 0.6) is 5.75 Å². The van der Waals surface area contributed by atoms with Crippen LogP contribution in [0.3, 0.4) is 0 Å². The summed E-state index contributed by atoms with van der Waals surface area (Å²) in [6.07, 6.45) is 1.46. The van der Waals surface area contributed by atoms with E-state index in [0.717, 1.165) is 13.0 Å². The van der Waals surface area contributed by atoms with E-state index in [1.807, 2.05) is 19.0 Å². The van der Waals surface area contributed by atoms with E-state index in [4.69, 9.17) is 0 Å². The van der Waals surface area contributed by atoms with Crippen molar-refractivity contribution in [3.05, 3.63) is 32.3 Å². The summed E-state index contributed by atoms with van der Waals surface area (Å²) >= 11 is 3.12. The van der Waals surface area contributed by atoms with E-state index >= 15 is 0 Å². The van der Waals surface area contributed by atoms with Crippen LogP contribution in [0.4, 0.5) is 5.69 Å². The highest BCUT2D eigenvalue weighted by atomic mass is 79.9. The number of aryl methyl sites for hydroxylation is 1. The summed E-state index contributed by atoms with van der Waals surface area (Å²) in [5.41, 5.74) is 0.599. The number of benzene rings is 1. The van der Waals surface area contributed by atoms with E-state index < -0.39 is 4.92 Å². The third kappa shape index (κ3) is 3.98. The Kier molecular flexibility index (Phi) is 4.89. The number of phenolic OH excluding ortho intramolecular Hbond substituents is 1. The van der Waals surface area contributed by atoms with E-state index in [1.165, 1.54) is 12.1 Å². The average molecular weight is 303 g/mol. The summed E-state index contributed by atoms with van der Waals surface area (Å²) < 4.78 is 0.367. The molecule has 1 aromatic carbocycles. The van der Waals surface area contributed by atoms with E-state index in [0.29, 0.717) is 16.5 Å². The van der Waals surface area contributed by atoms with Gasteiger partial charge < -0.3 is 10.0 Å². The number of nitro benzene ring substituents is 1. The first kappa shape index (κ1) is 13.9. The predicted octanol–water partition coefficient (Wildman–Crippen LogP) is 2.56. The molecule has 0 atom stereocenters. The summed E-state index contributed by atoms with van der Waals surface area (Å²) in [5, 5.41) is 20.5. The molecule has 0 spiro atoms. The molecule has 0 bridgehead atoms. The zero-order valence-corrected chi connectivity index (χ0v) is 11.4. The Morgan fingerprint density at radius 1 is 1.47 bits per heavy atom. The van der Waals surface area contributed by atoms with Crippen LogP contribution in [0.25, 0.3) is 0 Å². The molecule has 0 saturated heterocycles. The van der Waals surface area contributed by atoms with Gasteiger partial charge in [0.15, 0.2) is 0 Å².